The van der Waals surface area contributed by atoms with Crippen LogP contribution in [0.1, 0.15) is 19.3 Å². The molecule has 0 radical (unpaired) electrons. The summed E-state index contributed by atoms with van der Waals surface area (Å²) in [6, 6.07) is 0. The van der Waals surface area contributed by atoms with Crippen molar-refractivity contribution in [3.63, 3.8) is 0 Å². The van der Waals surface area contributed by atoms with E-state index < -0.39 is 0 Å². The summed E-state index contributed by atoms with van der Waals surface area (Å²) in [4.78, 5) is 17.6. The summed E-state index contributed by atoms with van der Waals surface area (Å²) in [6.45, 7) is 5.04. The molecule has 0 aromatic rings. The van der Waals surface area contributed by atoms with Crippen molar-refractivity contribution in [1.29, 1.82) is 0 Å². The molecule has 1 aliphatic heterocycles. The topological polar surface area (TPSA) is 75.2 Å². The normalized spacial score (nSPS) is 15.3. The summed E-state index contributed by atoms with van der Waals surface area (Å²) in [5.41, 5.74) is 0. The first-order chi connectivity index (χ1) is 12.1. The minimum atomic E-state index is -0.00855. The van der Waals surface area contributed by atoms with Crippen molar-refractivity contribution in [2.75, 3.05) is 72.2 Å². The zero-order valence-corrected chi connectivity index (χ0v) is 19.4. The van der Waals surface area contributed by atoms with E-state index in [1.807, 2.05) is 0 Å². The van der Waals surface area contributed by atoms with Crippen molar-refractivity contribution >= 4 is 47.6 Å². The largest absolute Gasteiger partial charge is 0.381 e. The third-order valence-electron chi connectivity index (χ3n) is 3.92. The molecular weight excluding hydrogens is 467 g/mol. The van der Waals surface area contributed by atoms with Crippen LogP contribution < -0.4 is 10.6 Å². The van der Waals surface area contributed by atoms with Crippen molar-refractivity contribution in [3.8, 4) is 0 Å². The minimum absolute atomic E-state index is 0. The van der Waals surface area contributed by atoms with Crippen LogP contribution in [0.4, 0.5) is 0 Å². The number of carbonyl (C=O) groups excluding carboxylic acids is 1. The number of hydrogen-bond donors (Lipinski definition) is 2. The van der Waals surface area contributed by atoms with E-state index in [9.17, 15) is 4.79 Å². The zero-order chi connectivity index (χ0) is 18.3. The molecule has 1 rings (SSSR count). The first kappa shape index (κ1) is 25.7. The number of nitrogens with zero attached hydrogens (tertiary/aromatic N) is 2. The van der Waals surface area contributed by atoms with Crippen molar-refractivity contribution < 1.29 is 14.3 Å². The Morgan fingerprint density at radius 3 is 2.62 bits per heavy atom. The molecule has 2 N–H and O–H groups in total. The smallest absolute Gasteiger partial charge is 0.243 e. The molecule has 1 fully saturated rings. The third-order valence-corrected chi connectivity index (χ3v) is 4.53. The molecule has 26 heavy (non-hydrogen) atoms. The van der Waals surface area contributed by atoms with Crippen LogP contribution in [0.25, 0.3) is 0 Å². The van der Waals surface area contributed by atoms with E-state index in [0.29, 0.717) is 11.9 Å². The first-order valence-corrected chi connectivity index (χ1v) is 10.4. The lowest BCUT2D eigenvalue weighted by Gasteiger charge is -2.21. The van der Waals surface area contributed by atoms with Gasteiger partial charge in [0.05, 0.1) is 0 Å². The van der Waals surface area contributed by atoms with Gasteiger partial charge < -0.3 is 25.0 Å². The van der Waals surface area contributed by atoms with Crippen LogP contribution in [0, 0.1) is 5.92 Å². The molecule has 0 atom stereocenters. The summed E-state index contributed by atoms with van der Waals surface area (Å²) in [5, 5.41) is 6.52. The molecule has 0 aliphatic carbocycles. The number of halogens is 1. The van der Waals surface area contributed by atoms with E-state index in [1.165, 1.54) is 0 Å². The Hall–Kier alpha value is -0.260. The lowest BCUT2D eigenvalue weighted by Crippen LogP contribution is -2.40. The number of carbonyl (C=O) groups is 1. The van der Waals surface area contributed by atoms with Gasteiger partial charge in [0.1, 0.15) is 6.54 Å². The second kappa shape index (κ2) is 16.9. The molecule has 1 aliphatic rings. The second-order valence-electron chi connectivity index (χ2n) is 6.28. The number of thioether (sulfide) groups is 1. The van der Waals surface area contributed by atoms with E-state index in [4.69, 9.17) is 9.47 Å². The standard InChI is InChI=1S/C17H34N4O3S.HI/c1-21(2)16(22)13-20-17(19-8-12-25-3)18-7-4-9-24-14-15-5-10-23-11-6-15;/h15H,4-14H2,1-3H3,(H2,18,19,20);1H. The first-order valence-electron chi connectivity index (χ1n) is 9.00. The Morgan fingerprint density at radius 2 is 1.96 bits per heavy atom. The SMILES string of the molecule is CSCCNC(=NCC(=O)N(C)C)NCCCOCC1CCOCC1.I. The van der Waals surface area contributed by atoms with Crippen LogP contribution in [0.3, 0.4) is 0 Å². The number of guanidine groups is 1. The van der Waals surface area contributed by atoms with E-state index in [1.54, 1.807) is 30.8 Å². The van der Waals surface area contributed by atoms with Crippen LogP contribution in [-0.4, -0.2) is 88.9 Å². The number of amides is 1. The fraction of sp³-hybridized carbons (Fsp3) is 0.882. The number of likely N-dealkylation sites (N-methyl/N-ethyl adjacent to an activating group) is 1. The van der Waals surface area contributed by atoms with Gasteiger partial charge in [0.15, 0.2) is 5.96 Å². The van der Waals surface area contributed by atoms with Gasteiger partial charge in [-0.3, -0.25) is 4.79 Å². The van der Waals surface area contributed by atoms with Gasteiger partial charge >= 0.3 is 0 Å². The highest BCUT2D eigenvalue weighted by molar-refractivity contribution is 14.0. The molecule has 0 spiro atoms. The molecule has 1 saturated heterocycles. The van der Waals surface area contributed by atoms with Gasteiger partial charge in [-0.1, -0.05) is 0 Å². The van der Waals surface area contributed by atoms with E-state index >= 15 is 0 Å². The van der Waals surface area contributed by atoms with Crippen molar-refractivity contribution in [2.45, 2.75) is 19.3 Å². The Kier molecular flexibility index (Phi) is 16.7. The van der Waals surface area contributed by atoms with Crippen LogP contribution in [0.2, 0.25) is 0 Å². The predicted octanol–water partition coefficient (Wildman–Crippen LogP) is 1.42. The van der Waals surface area contributed by atoms with Crippen molar-refractivity contribution in [2.24, 2.45) is 10.9 Å². The van der Waals surface area contributed by atoms with Crippen LogP contribution in [0.15, 0.2) is 4.99 Å². The lowest BCUT2D eigenvalue weighted by atomic mass is 10.0. The highest BCUT2D eigenvalue weighted by atomic mass is 127. The monoisotopic (exact) mass is 502 g/mol. The summed E-state index contributed by atoms with van der Waals surface area (Å²) in [5.74, 6) is 2.32. The molecule has 0 saturated carbocycles. The number of nitrogens with one attached hydrogen (secondary N) is 2. The molecular formula is C17H35IN4O3S. The molecule has 1 amide bonds. The van der Waals surface area contributed by atoms with Crippen molar-refractivity contribution in [1.82, 2.24) is 15.5 Å². The number of hydrogen-bond acceptors (Lipinski definition) is 5. The second-order valence-corrected chi connectivity index (χ2v) is 7.27. The highest BCUT2D eigenvalue weighted by Crippen LogP contribution is 2.14. The average molecular weight is 502 g/mol. The van der Waals surface area contributed by atoms with Gasteiger partial charge in [-0.05, 0) is 31.4 Å². The van der Waals surface area contributed by atoms with Crippen LogP contribution in [-0.2, 0) is 14.3 Å². The van der Waals surface area contributed by atoms with Gasteiger partial charge in [-0.15, -0.1) is 24.0 Å². The Bertz CT molecular complexity index is 394. The predicted molar refractivity (Wildman–Crippen MR) is 120 cm³/mol. The Balaban J connectivity index is 0.00000625. The van der Waals surface area contributed by atoms with Crippen LogP contribution >= 0.6 is 35.7 Å². The molecule has 9 heteroatoms. The van der Waals surface area contributed by atoms with Gasteiger partial charge in [0.25, 0.3) is 0 Å². The third kappa shape index (κ3) is 13.0. The van der Waals surface area contributed by atoms with E-state index in [-0.39, 0.29) is 36.4 Å². The minimum Gasteiger partial charge on any atom is -0.381 e. The maximum atomic E-state index is 11.7. The highest BCUT2D eigenvalue weighted by Gasteiger charge is 2.13. The summed E-state index contributed by atoms with van der Waals surface area (Å²) < 4.78 is 11.1. The van der Waals surface area contributed by atoms with Crippen LogP contribution in [0.5, 0.6) is 0 Å². The average Bonchev–Trinajstić information content (AvgIpc) is 2.62. The fourth-order valence-electron chi connectivity index (χ4n) is 2.28. The molecule has 0 aromatic heterocycles. The summed E-state index contributed by atoms with van der Waals surface area (Å²) in [7, 11) is 3.48. The Morgan fingerprint density at radius 1 is 1.27 bits per heavy atom. The number of ether oxygens (including phenoxy) is 2. The molecule has 1 heterocycles. The van der Waals surface area contributed by atoms with E-state index in [2.05, 4.69) is 21.9 Å². The maximum Gasteiger partial charge on any atom is 0.243 e. The molecule has 0 bridgehead atoms. The molecule has 154 valence electrons. The summed E-state index contributed by atoms with van der Waals surface area (Å²) >= 11 is 1.77. The van der Waals surface area contributed by atoms with Gasteiger partial charge in [0, 0.05) is 59.4 Å². The molecule has 0 unspecified atom stereocenters. The maximum absolute atomic E-state index is 11.7. The van der Waals surface area contributed by atoms with E-state index in [0.717, 1.165) is 64.5 Å². The summed E-state index contributed by atoms with van der Waals surface area (Å²) in [6.07, 6.45) is 5.19. The zero-order valence-electron chi connectivity index (χ0n) is 16.3. The van der Waals surface area contributed by atoms with Gasteiger partial charge in [-0.25, -0.2) is 4.99 Å². The van der Waals surface area contributed by atoms with Gasteiger partial charge in [0.2, 0.25) is 5.91 Å². The number of aliphatic imine (C=N–C) groups is 1. The molecule has 0 aromatic carbocycles. The fourth-order valence-corrected chi connectivity index (χ4v) is 2.58. The molecule has 7 nitrogen and oxygen atoms in total. The number of rotatable bonds is 11. The Labute approximate surface area is 179 Å². The quantitative estimate of drug-likeness (QED) is 0.193. The van der Waals surface area contributed by atoms with Crippen molar-refractivity contribution in [3.05, 3.63) is 0 Å². The van der Waals surface area contributed by atoms with Gasteiger partial charge in [-0.2, -0.15) is 11.8 Å². The lowest BCUT2D eigenvalue weighted by molar-refractivity contribution is -0.127.